The zero-order chi connectivity index (χ0) is 14.5. The average molecular weight is 272 g/mol. The number of hydrogen-bond donors (Lipinski definition) is 2. The molecule has 2 rings (SSSR count). The van der Waals surface area contributed by atoms with Crippen molar-refractivity contribution in [3.8, 4) is 0 Å². The van der Waals surface area contributed by atoms with Crippen molar-refractivity contribution in [1.29, 1.82) is 0 Å². The van der Waals surface area contributed by atoms with Crippen LogP contribution in [0, 0.1) is 12.7 Å². The lowest BCUT2D eigenvalue weighted by Gasteiger charge is -2.08. The Labute approximate surface area is 117 Å². The summed E-state index contributed by atoms with van der Waals surface area (Å²) in [7, 11) is 0. The van der Waals surface area contributed by atoms with Gasteiger partial charge >= 0.3 is 0 Å². The molecule has 3 N–H and O–H groups in total. The maximum Gasteiger partial charge on any atom is 0.251 e. The summed E-state index contributed by atoms with van der Waals surface area (Å²) in [6.07, 6.45) is 0. The smallest absolute Gasteiger partial charge is 0.251 e. The summed E-state index contributed by atoms with van der Waals surface area (Å²) in [6, 6.07) is 12.1. The van der Waals surface area contributed by atoms with Gasteiger partial charge in [-0.3, -0.25) is 4.79 Å². The Hall–Kier alpha value is -2.20. The van der Waals surface area contributed by atoms with E-state index in [1.54, 1.807) is 24.3 Å². The Bertz CT molecular complexity index is 626. The second-order valence-corrected chi connectivity index (χ2v) is 4.68. The number of benzene rings is 2. The van der Waals surface area contributed by atoms with Crippen LogP contribution in [0.5, 0.6) is 0 Å². The molecule has 104 valence electrons. The quantitative estimate of drug-likeness (QED) is 0.898. The van der Waals surface area contributed by atoms with Gasteiger partial charge in [0.25, 0.3) is 5.91 Å². The Kier molecular flexibility index (Phi) is 4.48. The summed E-state index contributed by atoms with van der Waals surface area (Å²) >= 11 is 0. The molecule has 0 aromatic heterocycles. The Morgan fingerprint density at radius 1 is 1.25 bits per heavy atom. The van der Waals surface area contributed by atoms with Crippen LogP contribution in [0.2, 0.25) is 0 Å². The molecule has 1 amide bonds. The van der Waals surface area contributed by atoms with Crippen LogP contribution in [0.25, 0.3) is 0 Å². The first-order chi connectivity index (χ1) is 9.60. The number of amides is 1. The number of hydrogen-bond acceptors (Lipinski definition) is 2. The normalized spacial score (nSPS) is 10.3. The lowest BCUT2D eigenvalue weighted by molar-refractivity contribution is 0.0950. The molecule has 0 aliphatic carbocycles. The largest absolute Gasteiger partial charge is 0.348 e. The minimum atomic E-state index is -0.350. The van der Waals surface area contributed by atoms with E-state index >= 15 is 0 Å². The third-order valence-corrected chi connectivity index (χ3v) is 3.07. The van der Waals surface area contributed by atoms with Crippen molar-refractivity contribution < 1.29 is 9.18 Å². The molecule has 20 heavy (non-hydrogen) atoms. The van der Waals surface area contributed by atoms with Crippen LogP contribution < -0.4 is 11.1 Å². The predicted octanol–water partition coefficient (Wildman–Crippen LogP) is 2.52. The van der Waals surface area contributed by atoms with Crippen LogP contribution in [0.4, 0.5) is 4.39 Å². The molecular weight excluding hydrogens is 255 g/mol. The van der Waals surface area contributed by atoms with Gasteiger partial charge in [-0.2, -0.15) is 0 Å². The Morgan fingerprint density at radius 2 is 2.05 bits per heavy atom. The van der Waals surface area contributed by atoms with E-state index in [1.165, 1.54) is 6.07 Å². The third-order valence-electron chi connectivity index (χ3n) is 3.07. The van der Waals surface area contributed by atoms with Crippen molar-refractivity contribution in [3.05, 3.63) is 70.5 Å². The monoisotopic (exact) mass is 272 g/mol. The molecule has 4 heteroatoms. The van der Waals surface area contributed by atoms with Crippen LogP contribution in [0.15, 0.2) is 42.5 Å². The molecule has 0 saturated carbocycles. The van der Waals surface area contributed by atoms with Gasteiger partial charge in [-0.1, -0.05) is 29.8 Å². The molecule has 0 unspecified atom stereocenters. The average Bonchev–Trinajstić information content (AvgIpc) is 2.45. The number of nitrogens with two attached hydrogens (primary N) is 1. The van der Waals surface area contributed by atoms with Gasteiger partial charge in [0, 0.05) is 24.2 Å². The molecule has 0 atom stereocenters. The summed E-state index contributed by atoms with van der Waals surface area (Å²) in [5.41, 5.74) is 8.21. The third kappa shape index (κ3) is 3.42. The summed E-state index contributed by atoms with van der Waals surface area (Å²) in [4.78, 5) is 12.0. The highest BCUT2D eigenvalue weighted by atomic mass is 19.1. The summed E-state index contributed by atoms with van der Waals surface area (Å²) in [6.45, 7) is 2.37. The number of carbonyl (C=O) groups is 1. The standard InChI is InChI=1S/C16H17FN2O/c1-11-3-2-4-13(7-11)16(20)19-10-14-6-5-12(9-18)8-15(14)17/h2-8H,9-10,18H2,1H3,(H,19,20). The molecule has 0 aliphatic heterocycles. The van der Waals surface area contributed by atoms with Crippen molar-refractivity contribution in [2.75, 3.05) is 0 Å². The minimum absolute atomic E-state index is 0.156. The van der Waals surface area contributed by atoms with Gasteiger partial charge < -0.3 is 11.1 Å². The van der Waals surface area contributed by atoms with Gasteiger partial charge in [0.1, 0.15) is 5.82 Å². The van der Waals surface area contributed by atoms with Crippen LogP contribution in [0.1, 0.15) is 27.0 Å². The second kappa shape index (κ2) is 6.30. The van der Waals surface area contributed by atoms with Gasteiger partial charge in [-0.25, -0.2) is 4.39 Å². The van der Waals surface area contributed by atoms with Crippen molar-refractivity contribution in [2.45, 2.75) is 20.0 Å². The van der Waals surface area contributed by atoms with Crippen molar-refractivity contribution >= 4 is 5.91 Å². The van der Waals surface area contributed by atoms with Gasteiger partial charge in [-0.15, -0.1) is 0 Å². The molecule has 2 aromatic rings. The summed E-state index contributed by atoms with van der Waals surface area (Å²) in [5.74, 6) is -0.562. The molecule has 0 fully saturated rings. The zero-order valence-corrected chi connectivity index (χ0v) is 11.3. The van der Waals surface area contributed by atoms with E-state index in [0.717, 1.165) is 11.1 Å². The van der Waals surface area contributed by atoms with E-state index < -0.39 is 0 Å². The number of halogens is 1. The summed E-state index contributed by atoms with van der Waals surface area (Å²) in [5, 5.41) is 2.71. The fraction of sp³-hybridized carbons (Fsp3) is 0.188. The molecule has 0 radical (unpaired) electrons. The van der Waals surface area contributed by atoms with Crippen molar-refractivity contribution in [2.24, 2.45) is 5.73 Å². The molecule has 0 saturated heterocycles. The highest BCUT2D eigenvalue weighted by Crippen LogP contribution is 2.10. The van der Waals surface area contributed by atoms with Crippen LogP contribution in [0.3, 0.4) is 0 Å². The predicted molar refractivity (Wildman–Crippen MR) is 76.6 cm³/mol. The van der Waals surface area contributed by atoms with Gasteiger partial charge in [0.05, 0.1) is 0 Å². The van der Waals surface area contributed by atoms with Crippen LogP contribution >= 0.6 is 0 Å². The van der Waals surface area contributed by atoms with E-state index in [-0.39, 0.29) is 18.3 Å². The van der Waals surface area contributed by atoms with Crippen molar-refractivity contribution in [1.82, 2.24) is 5.32 Å². The first-order valence-electron chi connectivity index (χ1n) is 6.42. The highest BCUT2D eigenvalue weighted by molar-refractivity contribution is 5.94. The van der Waals surface area contributed by atoms with E-state index in [9.17, 15) is 9.18 Å². The number of aryl methyl sites for hydroxylation is 1. The van der Waals surface area contributed by atoms with Crippen LogP contribution in [-0.2, 0) is 13.1 Å². The first kappa shape index (κ1) is 14.2. The lowest BCUT2D eigenvalue weighted by Crippen LogP contribution is -2.23. The lowest BCUT2D eigenvalue weighted by atomic mass is 10.1. The number of rotatable bonds is 4. The topological polar surface area (TPSA) is 55.1 Å². The zero-order valence-electron chi connectivity index (χ0n) is 11.3. The fourth-order valence-corrected chi connectivity index (χ4v) is 1.93. The molecule has 0 bridgehead atoms. The highest BCUT2D eigenvalue weighted by Gasteiger charge is 2.08. The molecule has 3 nitrogen and oxygen atoms in total. The van der Waals surface area contributed by atoms with Gasteiger partial charge in [0.15, 0.2) is 0 Å². The maximum absolute atomic E-state index is 13.7. The van der Waals surface area contributed by atoms with E-state index in [4.69, 9.17) is 5.73 Å². The van der Waals surface area contributed by atoms with E-state index in [0.29, 0.717) is 17.7 Å². The van der Waals surface area contributed by atoms with Gasteiger partial charge in [0.2, 0.25) is 0 Å². The SMILES string of the molecule is Cc1cccc(C(=O)NCc2ccc(CN)cc2F)c1. The number of carbonyl (C=O) groups excluding carboxylic acids is 1. The summed E-state index contributed by atoms with van der Waals surface area (Å²) < 4.78 is 13.7. The molecule has 0 aliphatic rings. The van der Waals surface area contributed by atoms with Gasteiger partial charge in [-0.05, 0) is 30.7 Å². The molecular formula is C16H17FN2O. The van der Waals surface area contributed by atoms with E-state index in [1.807, 2.05) is 19.1 Å². The molecule has 2 aromatic carbocycles. The Balaban J connectivity index is 2.03. The first-order valence-corrected chi connectivity index (χ1v) is 6.42. The maximum atomic E-state index is 13.7. The van der Waals surface area contributed by atoms with Crippen LogP contribution in [-0.4, -0.2) is 5.91 Å². The van der Waals surface area contributed by atoms with Crippen molar-refractivity contribution in [3.63, 3.8) is 0 Å². The Morgan fingerprint density at radius 3 is 2.70 bits per heavy atom. The minimum Gasteiger partial charge on any atom is -0.348 e. The van der Waals surface area contributed by atoms with E-state index in [2.05, 4.69) is 5.32 Å². The second-order valence-electron chi connectivity index (χ2n) is 4.68. The fourth-order valence-electron chi connectivity index (χ4n) is 1.93. The molecule has 0 heterocycles. The molecule has 0 spiro atoms. The number of nitrogens with one attached hydrogen (secondary N) is 1.